The second-order valence-corrected chi connectivity index (χ2v) is 8.60. The van der Waals surface area contributed by atoms with Crippen molar-refractivity contribution < 1.29 is 23.8 Å². The summed E-state index contributed by atoms with van der Waals surface area (Å²) < 4.78 is 17.4. The smallest absolute Gasteiger partial charge is 0.346 e. The van der Waals surface area contributed by atoms with Crippen molar-refractivity contribution >= 4 is 40.3 Å². The topological polar surface area (TPSA) is 117 Å². The number of hydrogen-bond acceptors (Lipinski definition) is 8. The summed E-state index contributed by atoms with van der Waals surface area (Å²) in [5.74, 6) is 0.0440. The Balaban J connectivity index is 2.09. The molecule has 2 N–H and O–H groups in total. The number of esters is 1. The van der Waals surface area contributed by atoms with Gasteiger partial charge in [-0.05, 0) is 25.1 Å². The van der Waals surface area contributed by atoms with E-state index >= 15 is 0 Å². The van der Waals surface area contributed by atoms with E-state index in [1.165, 1.54) is 11.7 Å². The van der Waals surface area contributed by atoms with Gasteiger partial charge in [0.25, 0.3) is 0 Å². The summed E-state index contributed by atoms with van der Waals surface area (Å²) >= 11 is 1.06. The van der Waals surface area contributed by atoms with Crippen LogP contribution in [-0.4, -0.2) is 37.3 Å². The second-order valence-electron chi connectivity index (χ2n) is 7.49. The second kappa shape index (κ2) is 9.99. The number of carbonyl (C=O) groups excluding carboxylic acids is 2. The molecule has 4 rings (SSSR count). The summed E-state index contributed by atoms with van der Waals surface area (Å²) in [7, 11) is 3.05. The molecule has 178 valence electrons. The molecule has 8 nitrogen and oxygen atoms in total. The van der Waals surface area contributed by atoms with Gasteiger partial charge in [-0.2, -0.15) is 5.26 Å². The fraction of sp³-hybridized carbons (Fsp3) is 0.192. The first-order valence-electron chi connectivity index (χ1n) is 10.8. The van der Waals surface area contributed by atoms with Gasteiger partial charge >= 0.3 is 5.97 Å². The molecule has 1 unspecified atom stereocenters. The lowest BCUT2D eigenvalue weighted by atomic mass is 10.1. The van der Waals surface area contributed by atoms with Crippen molar-refractivity contribution in [1.82, 2.24) is 4.57 Å². The molecular formula is C26H23N3O5S. The molecule has 0 bridgehead atoms. The lowest BCUT2D eigenvalue weighted by Gasteiger charge is -2.24. The number of nitrogen functional groups attached to an aromatic ring is 1. The zero-order chi connectivity index (χ0) is 25.1. The number of rotatable bonds is 6. The monoisotopic (exact) mass is 489 g/mol. The molecule has 0 saturated carbocycles. The molecule has 0 saturated heterocycles. The molecule has 9 heteroatoms. The first kappa shape index (κ1) is 24.0. The molecule has 2 aromatic carbocycles. The van der Waals surface area contributed by atoms with Crippen LogP contribution in [0.1, 0.15) is 33.8 Å². The fourth-order valence-corrected chi connectivity index (χ4v) is 5.24. The predicted octanol–water partition coefficient (Wildman–Crippen LogP) is 2.59. The Kier molecular flexibility index (Phi) is 6.85. The largest absolute Gasteiger partial charge is 0.496 e. The highest BCUT2D eigenvalue weighted by molar-refractivity contribution is 8.10. The Hall–Kier alpha value is -4.16. The molecule has 1 aliphatic rings. The van der Waals surface area contributed by atoms with E-state index in [0.29, 0.717) is 27.8 Å². The molecule has 0 spiro atoms. The Morgan fingerprint density at radius 2 is 1.80 bits per heavy atom. The van der Waals surface area contributed by atoms with Crippen LogP contribution in [0.4, 0.5) is 5.69 Å². The van der Waals surface area contributed by atoms with Crippen LogP contribution in [0.15, 0.2) is 48.5 Å². The number of aromatic nitrogens is 1. The number of carbonyl (C=O) groups is 2. The Morgan fingerprint density at radius 1 is 1.14 bits per heavy atom. The third kappa shape index (κ3) is 4.13. The third-order valence-corrected chi connectivity index (χ3v) is 6.86. The van der Waals surface area contributed by atoms with Gasteiger partial charge in [-0.15, -0.1) is 0 Å². The summed E-state index contributed by atoms with van der Waals surface area (Å²) in [6.07, 6.45) is 1.71. The van der Waals surface area contributed by atoms with Gasteiger partial charge in [0.1, 0.15) is 27.7 Å². The Bertz CT molecular complexity index is 1490. The minimum atomic E-state index is -0.851. The van der Waals surface area contributed by atoms with Gasteiger partial charge in [-0.25, -0.2) is 4.79 Å². The minimum absolute atomic E-state index is 0.0480. The Labute approximate surface area is 206 Å². The highest BCUT2D eigenvalue weighted by Gasteiger charge is 2.37. The van der Waals surface area contributed by atoms with Crippen LogP contribution in [0.25, 0.3) is 11.0 Å². The van der Waals surface area contributed by atoms with Crippen LogP contribution in [0.5, 0.6) is 11.5 Å². The summed E-state index contributed by atoms with van der Waals surface area (Å²) in [5.41, 5.74) is 7.69. The van der Waals surface area contributed by atoms with E-state index in [-0.39, 0.29) is 28.2 Å². The van der Waals surface area contributed by atoms with Crippen LogP contribution in [0, 0.1) is 11.3 Å². The SMILES string of the molecule is CCOC(=O)C1=c2/c(=C/c3ccccc3OC)c(N)c(C#N)n2C(=O)C(c2ccccc2OC)S1. The Morgan fingerprint density at radius 3 is 2.46 bits per heavy atom. The normalized spacial score (nSPS) is 15.4. The lowest BCUT2D eigenvalue weighted by Crippen LogP contribution is -2.42. The molecule has 35 heavy (non-hydrogen) atoms. The van der Waals surface area contributed by atoms with Crippen molar-refractivity contribution in [2.24, 2.45) is 0 Å². The van der Waals surface area contributed by atoms with E-state index in [9.17, 15) is 14.9 Å². The van der Waals surface area contributed by atoms with Crippen molar-refractivity contribution in [3.63, 3.8) is 0 Å². The number of ether oxygens (including phenoxy) is 3. The van der Waals surface area contributed by atoms with Gasteiger partial charge in [0, 0.05) is 16.3 Å². The summed E-state index contributed by atoms with van der Waals surface area (Å²) in [4.78, 5) is 27.1. The van der Waals surface area contributed by atoms with Crippen molar-refractivity contribution in [1.29, 1.82) is 5.26 Å². The lowest BCUT2D eigenvalue weighted by molar-refractivity contribution is -0.135. The number of para-hydroxylation sites is 2. The van der Waals surface area contributed by atoms with Gasteiger partial charge in [0.05, 0.1) is 31.9 Å². The maximum absolute atomic E-state index is 13.8. The third-order valence-electron chi connectivity index (χ3n) is 5.57. The van der Waals surface area contributed by atoms with E-state index in [1.54, 1.807) is 50.4 Å². The maximum Gasteiger partial charge on any atom is 0.346 e. The number of fused-ring (bicyclic) bond motifs is 1. The van der Waals surface area contributed by atoms with Gasteiger partial charge in [0.2, 0.25) is 5.91 Å². The first-order valence-corrected chi connectivity index (χ1v) is 11.6. The molecule has 3 aromatic rings. The van der Waals surface area contributed by atoms with Crippen LogP contribution in [-0.2, 0) is 9.53 Å². The number of methoxy groups -OCH3 is 2. The molecular weight excluding hydrogens is 466 g/mol. The number of anilines is 1. The molecule has 1 aromatic heterocycles. The molecule has 1 aliphatic heterocycles. The number of nitrogens with two attached hydrogens (primary N) is 1. The van der Waals surface area contributed by atoms with Crippen molar-refractivity contribution in [3.05, 3.63) is 75.9 Å². The van der Waals surface area contributed by atoms with E-state index in [2.05, 4.69) is 0 Å². The van der Waals surface area contributed by atoms with Crippen LogP contribution >= 0.6 is 11.8 Å². The highest BCUT2D eigenvalue weighted by atomic mass is 32.2. The van der Waals surface area contributed by atoms with Crippen molar-refractivity contribution in [2.45, 2.75) is 12.2 Å². The van der Waals surface area contributed by atoms with Gasteiger partial charge < -0.3 is 19.9 Å². The van der Waals surface area contributed by atoms with Crippen LogP contribution in [0.3, 0.4) is 0 Å². The number of benzene rings is 2. The van der Waals surface area contributed by atoms with Crippen molar-refractivity contribution in [3.8, 4) is 17.6 Å². The average Bonchev–Trinajstić information content (AvgIpc) is 3.16. The number of thioether (sulfide) groups is 1. The van der Waals surface area contributed by atoms with E-state index < -0.39 is 17.1 Å². The molecule has 0 aliphatic carbocycles. The molecule has 0 radical (unpaired) electrons. The van der Waals surface area contributed by atoms with Crippen LogP contribution < -0.4 is 25.8 Å². The summed E-state index contributed by atoms with van der Waals surface area (Å²) in [6, 6.07) is 16.3. The van der Waals surface area contributed by atoms with E-state index in [1.807, 2.05) is 24.3 Å². The van der Waals surface area contributed by atoms with Crippen molar-refractivity contribution in [2.75, 3.05) is 26.6 Å². The fourth-order valence-electron chi connectivity index (χ4n) is 4.01. The minimum Gasteiger partial charge on any atom is -0.496 e. The number of hydrogen-bond donors (Lipinski definition) is 1. The first-order chi connectivity index (χ1) is 17.0. The van der Waals surface area contributed by atoms with Gasteiger partial charge in [-0.1, -0.05) is 48.2 Å². The van der Waals surface area contributed by atoms with Gasteiger partial charge in [0.15, 0.2) is 5.69 Å². The standard InChI is InChI=1S/C26H23N3O5S/c1-4-34-26(31)24-22-17(13-15-9-5-7-11-19(15)32-2)21(28)18(14-27)29(22)25(30)23(35-24)16-10-6-8-12-20(16)33-3/h5-13,23H,4,28H2,1-3H3/b17-13+. The molecule has 0 amide bonds. The zero-order valence-corrected chi connectivity index (χ0v) is 20.2. The highest BCUT2D eigenvalue weighted by Crippen LogP contribution is 2.42. The maximum atomic E-state index is 13.8. The van der Waals surface area contributed by atoms with Gasteiger partial charge in [-0.3, -0.25) is 9.36 Å². The van der Waals surface area contributed by atoms with Crippen LogP contribution in [0.2, 0.25) is 0 Å². The molecule has 0 fully saturated rings. The molecule has 1 atom stereocenters. The number of nitrogens with zero attached hydrogens (tertiary/aromatic N) is 2. The van der Waals surface area contributed by atoms with E-state index in [0.717, 1.165) is 11.8 Å². The quantitative estimate of drug-likeness (QED) is 0.525. The summed E-state index contributed by atoms with van der Waals surface area (Å²) in [5, 5.41) is 9.70. The number of nitriles is 1. The predicted molar refractivity (Wildman–Crippen MR) is 133 cm³/mol. The summed E-state index contributed by atoms with van der Waals surface area (Å²) in [6.45, 7) is 1.84. The average molecular weight is 490 g/mol. The zero-order valence-electron chi connectivity index (χ0n) is 19.4. The van der Waals surface area contributed by atoms with E-state index in [4.69, 9.17) is 19.9 Å². The molecule has 2 heterocycles.